The van der Waals surface area contributed by atoms with Gasteiger partial charge >= 0.3 is 54.6 Å². The molecule has 10 heteroatoms. The molecular formula is C100H102B2P6Tl2+6. The summed E-state index contributed by atoms with van der Waals surface area (Å²) in [7, 11) is -7.10. The van der Waals surface area contributed by atoms with Gasteiger partial charge in [-0.2, -0.15) is 10.9 Å². The van der Waals surface area contributed by atoms with Gasteiger partial charge in [0.2, 0.25) is 0 Å². The van der Waals surface area contributed by atoms with E-state index in [1.807, 2.05) is 36.4 Å². The third-order valence-corrected chi connectivity index (χ3v) is 41.1. The van der Waals surface area contributed by atoms with Crippen molar-refractivity contribution in [3.05, 3.63) is 459 Å². The molecule has 15 aromatic rings. The van der Waals surface area contributed by atoms with Crippen LogP contribution in [0.5, 0.6) is 0 Å². The van der Waals surface area contributed by atoms with E-state index in [2.05, 4.69) is 428 Å². The van der Waals surface area contributed by atoms with Gasteiger partial charge in [0.05, 0.1) is 63.7 Å². The van der Waals surface area contributed by atoms with Gasteiger partial charge in [-0.1, -0.05) is 313 Å². The molecule has 0 aliphatic carbocycles. The Bertz CT molecular complexity index is 4080. The summed E-state index contributed by atoms with van der Waals surface area (Å²) < 4.78 is 0. The van der Waals surface area contributed by atoms with Crippen molar-refractivity contribution in [1.29, 1.82) is 0 Å². The van der Waals surface area contributed by atoms with Crippen molar-refractivity contribution in [3.8, 4) is 0 Å². The fourth-order valence-corrected chi connectivity index (χ4v) is 38.2. The minimum absolute atomic E-state index is 0. The zero-order chi connectivity index (χ0) is 74.0. The zero-order valence-corrected chi connectivity index (χ0v) is 79.1. The van der Waals surface area contributed by atoms with Gasteiger partial charge in [0, 0.05) is 47.5 Å². The van der Waals surface area contributed by atoms with Crippen LogP contribution in [0.15, 0.2) is 437 Å². The van der Waals surface area contributed by atoms with Crippen LogP contribution in [0, 0.1) is 27.7 Å². The van der Waals surface area contributed by atoms with Gasteiger partial charge in [-0.15, -0.1) is 0 Å². The van der Waals surface area contributed by atoms with E-state index in [-0.39, 0.29) is 54.6 Å². The number of hydrogen-bond acceptors (Lipinski definition) is 0. The van der Waals surface area contributed by atoms with E-state index in [4.69, 9.17) is 0 Å². The first-order valence-electron chi connectivity index (χ1n) is 38.5. The first kappa shape index (κ1) is 83.8. The van der Waals surface area contributed by atoms with Crippen LogP contribution in [-0.2, 0) is 0 Å². The van der Waals surface area contributed by atoms with Crippen LogP contribution in [-0.4, -0.2) is 103 Å². The minimum atomic E-state index is -1.18. The van der Waals surface area contributed by atoms with Crippen molar-refractivity contribution in [2.45, 2.75) is 27.7 Å². The maximum absolute atomic E-state index is 2.58. The molecule has 15 aromatic carbocycles. The Labute approximate surface area is 705 Å². The Kier molecular flexibility index (Phi) is 32.9. The maximum atomic E-state index is 2.58. The molecule has 0 unspecified atom stereocenters. The second-order valence-electron chi connectivity index (χ2n) is 29.4. The van der Waals surface area contributed by atoms with Crippen molar-refractivity contribution in [2.75, 3.05) is 36.4 Å². The van der Waals surface area contributed by atoms with E-state index >= 15 is 0 Å². The first-order chi connectivity index (χ1) is 53.2. The Morgan fingerprint density at radius 1 is 0.155 bits per heavy atom. The normalized spacial score (nSPS) is 11.3. The summed E-state index contributed by atoms with van der Waals surface area (Å²) in [5.74, 6) is 0. The third kappa shape index (κ3) is 23.1. The van der Waals surface area contributed by atoms with Gasteiger partial charge < -0.3 is 0 Å². The molecule has 0 aliphatic rings. The van der Waals surface area contributed by atoms with E-state index in [9.17, 15) is 0 Å². The predicted molar refractivity (Wildman–Crippen MR) is 513 cm³/mol. The summed E-state index contributed by atoms with van der Waals surface area (Å²) in [6, 6.07) is 172. The summed E-state index contributed by atoms with van der Waals surface area (Å²) >= 11 is 0. The number of rotatable bonds is 26. The van der Waals surface area contributed by atoms with Crippen LogP contribution in [0.2, 0.25) is 0 Å². The molecule has 0 spiro atoms. The smallest absolute Gasteiger partial charge is 0.197 e. The van der Waals surface area contributed by atoms with Gasteiger partial charge in [-0.25, -0.2) is 0 Å². The molecule has 110 heavy (non-hydrogen) atoms. The van der Waals surface area contributed by atoms with E-state index in [0.717, 1.165) is 0 Å². The molecule has 0 saturated carbocycles. The fourth-order valence-electron chi connectivity index (χ4n) is 16.7. The molecule has 0 amide bonds. The maximum Gasteiger partial charge on any atom is 1.00 e. The average molecular weight is 1920 g/mol. The minimum Gasteiger partial charge on any atom is -0.197 e. The second-order valence-corrected chi connectivity index (χ2v) is 44.6. The molecule has 0 saturated heterocycles. The van der Waals surface area contributed by atoms with Gasteiger partial charge in [-0.05, 0) is 210 Å². The Morgan fingerprint density at radius 3 is 0.364 bits per heavy atom. The van der Waals surface area contributed by atoms with Gasteiger partial charge in [-0.3, -0.25) is 0 Å². The van der Waals surface area contributed by atoms with E-state index in [1.54, 1.807) is 10.9 Å². The molecule has 0 nitrogen and oxygen atoms in total. The van der Waals surface area contributed by atoms with Crippen molar-refractivity contribution in [1.82, 2.24) is 0 Å². The molecule has 0 radical (unpaired) electrons. The topological polar surface area (TPSA) is 0 Å². The summed E-state index contributed by atoms with van der Waals surface area (Å²) in [4.78, 5) is 0. The largest absolute Gasteiger partial charge is 1.00 e. The second kappa shape index (κ2) is 43.2. The van der Waals surface area contributed by atoms with Crippen LogP contribution >= 0.6 is 47.5 Å². The van der Waals surface area contributed by atoms with Crippen molar-refractivity contribution in [3.63, 3.8) is 0 Å². The van der Waals surface area contributed by atoms with Crippen LogP contribution < -0.4 is 74.6 Å². The molecular weight excluding hydrogens is 1820 g/mol. The van der Waals surface area contributed by atoms with Crippen molar-refractivity contribution < 1.29 is 0 Å². The molecule has 0 N–H and O–H groups in total. The van der Waals surface area contributed by atoms with Crippen LogP contribution in [0.3, 0.4) is 0 Å². The fraction of sp³-hybridized carbons (Fsp3) is 0.100. The quantitative estimate of drug-likeness (QED) is 0.0374. The van der Waals surface area contributed by atoms with Crippen molar-refractivity contribution in [2.24, 2.45) is 0 Å². The van der Waals surface area contributed by atoms with Gasteiger partial charge in [0.25, 0.3) is 0 Å². The van der Waals surface area contributed by atoms with E-state index < -0.39 is 59.8 Å². The average Bonchev–Trinajstić information content (AvgIpc) is 0.762. The number of benzene rings is 15. The predicted octanol–water partition coefficient (Wildman–Crippen LogP) is 17.3. The Morgan fingerprint density at radius 2 is 0.255 bits per heavy atom. The monoisotopic (exact) mass is 1920 g/mol. The van der Waals surface area contributed by atoms with E-state index in [1.165, 1.54) is 122 Å². The van der Waals surface area contributed by atoms with Crippen molar-refractivity contribution >= 4 is 189 Å². The molecule has 0 bridgehead atoms. The van der Waals surface area contributed by atoms with Gasteiger partial charge in [0.15, 0.2) is 0 Å². The molecule has 0 aliphatic heterocycles. The van der Waals surface area contributed by atoms with Crippen LogP contribution in [0.4, 0.5) is 0 Å². The molecule has 0 aromatic heterocycles. The molecule has 538 valence electrons. The van der Waals surface area contributed by atoms with Gasteiger partial charge in [0.1, 0.15) is 12.3 Å². The molecule has 0 fully saturated rings. The summed E-state index contributed by atoms with van der Waals surface area (Å²) in [5, 5.41) is 18.1. The first-order valence-corrected chi connectivity index (χ1v) is 48.8. The summed E-state index contributed by atoms with van der Waals surface area (Å²) in [6.07, 6.45) is -2.26. The third-order valence-electron chi connectivity index (χ3n) is 21.6. The SMILES string of the molecule is Cc1cc(C)cc([B-](C[PH+](c2ccccc2)c2ccccc2)(C[PH+](c2ccccc2)c2ccccc2)C[PH+](c2ccccc2)c2ccccc2)c1.Cc1cc(C)cc([B-](C[PH+](c2ccccc2)c2ccccc2)(C[PH+](c2ccccc2)c2ccccc2)C[PH+](c2ccccc2)c2ccccc2)c1.[Tl+].[Tl+].c1ccccc1. The molecule has 0 atom stereocenters. The van der Waals surface area contributed by atoms with E-state index in [0.29, 0.717) is 0 Å². The Balaban J connectivity index is 0.000000199. The van der Waals surface area contributed by atoms with Crippen LogP contribution in [0.1, 0.15) is 22.3 Å². The number of aryl methyl sites for hydroxylation is 4. The number of hydrogen-bond donors (Lipinski definition) is 0. The van der Waals surface area contributed by atoms with Crippen LogP contribution in [0.25, 0.3) is 0 Å². The summed E-state index contributed by atoms with van der Waals surface area (Å²) in [5.41, 5.74) is 8.62. The molecule has 15 rings (SSSR count). The zero-order valence-electron chi connectivity index (χ0n) is 64.1. The Hall–Kier alpha value is -7.15. The summed E-state index contributed by atoms with van der Waals surface area (Å²) in [6.45, 7) is 9.21. The standard InChI is InChI=1S/2C47H45BP3.C6H6.2Tl/c2*1-39-33-40(2)35-41(34-39)48(36-49(42-21-9-3-10-22-42)43-23-11-4-12-24-43,37-50(44-25-13-5-14-26-44)45-27-15-6-16-28-45)38-51(46-29-17-7-18-30-46)47-31-19-8-20-32-47;1-2-4-6-5-3-1;;/h2*3-35H,36-38H2,1-2H3;1-6H;;/q2*-1;;2*+1/p+6. The molecule has 0 heterocycles.